The third-order valence-corrected chi connectivity index (χ3v) is 7.12. The summed E-state index contributed by atoms with van der Waals surface area (Å²) >= 11 is 0. The first-order valence-electron chi connectivity index (χ1n) is 11.7. The number of fused-ring (bicyclic) bond motifs is 3. The number of rotatable bonds is 3. The van der Waals surface area contributed by atoms with Crippen LogP contribution in [0.15, 0.2) is 30.3 Å². The summed E-state index contributed by atoms with van der Waals surface area (Å²) in [6.07, 6.45) is 1.85. The van der Waals surface area contributed by atoms with Gasteiger partial charge in [0.15, 0.2) is 0 Å². The molecule has 1 atom stereocenters. The number of hydrogen-bond acceptors (Lipinski definition) is 4. The number of halogens is 2. The molecule has 0 aromatic heterocycles. The third kappa shape index (κ3) is 3.94. The molecule has 1 spiro atoms. The minimum absolute atomic E-state index is 0.0321. The zero-order valence-corrected chi connectivity index (χ0v) is 19.6. The molecule has 3 aliphatic rings. The van der Waals surface area contributed by atoms with Gasteiger partial charge in [-0.25, -0.2) is 18.4 Å². The second-order valence-electron chi connectivity index (χ2n) is 9.25. The molecule has 6 amide bonds. The van der Waals surface area contributed by atoms with E-state index in [4.69, 9.17) is 0 Å². The second-order valence-corrected chi connectivity index (χ2v) is 9.25. The van der Waals surface area contributed by atoms with Gasteiger partial charge in [-0.05, 0) is 72.2 Å². The average Bonchev–Trinajstić information content (AvgIpc) is 3.20. The summed E-state index contributed by atoms with van der Waals surface area (Å²) in [6.45, 7) is 0.231. The summed E-state index contributed by atoms with van der Waals surface area (Å²) in [5.41, 5.74) is 1.13. The number of nitrogens with one attached hydrogen (secondary N) is 3. The summed E-state index contributed by atoms with van der Waals surface area (Å²) in [5.74, 6) is -2.08. The van der Waals surface area contributed by atoms with E-state index in [2.05, 4.69) is 16.0 Å². The van der Waals surface area contributed by atoms with Crippen molar-refractivity contribution >= 4 is 29.6 Å². The van der Waals surface area contributed by atoms with Crippen molar-refractivity contribution in [1.29, 1.82) is 0 Å². The maximum atomic E-state index is 14.8. The smallest absolute Gasteiger partial charge is 0.325 e. The van der Waals surface area contributed by atoms with Crippen molar-refractivity contribution < 1.29 is 28.0 Å². The van der Waals surface area contributed by atoms with E-state index in [1.54, 1.807) is 11.0 Å². The number of hydrogen-bond donors (Lipinski definition) is 3. The van der Waals surface area contributed by atoms with Crippen molar-refractivity contribution in [2.24, 2.45) is 0 Å². The fourth-order valence-corrected chi connectivity index (χ4v) is 5.26. The van der Waals surface area contributed by atoms with Crippen LogP contribution in [-0.4, -0.2) is 53.8 Å². The van der Waals surface area contributed by atoms with Gasteiger partial charge in [-0.1, -0.05) is 6.07 Å². The molecule has 2 aliphatic heterocycles. The van der Waals surface area contributed by atoms with Crippen LogP contribution < -0.4 is 16.0 Å². The molecule has 2 aromatic rings. The molecule has 2 aromatic carbocycles. The number of anilines is 1. The zero-order valence-electron chi connectivity index (χ0n) is 19.6. The Balaban J connectivity index is 1.35. The highest BCUT2D eigenvalue weighted by Gasteiger charge is 2.56. The Bertz CT molecular complexity index is 1300. The monoisotopic (exact) mass is 497 g/mol. The number of nitrogens with zero attached hydrogens (tertiary/aromatic N) is 2. The molecule has 1 saturated heterocycles. The van der Waals surface area contributed by atoms with Crippen LogP contribution in [0, 0.1) is 11.6 Å². The van der Waals surface area contributed by atoms with E-state index in [1.165, 1.54) is 25.2 Å². The molecular formula is C25H25F2N5O4. The Labute approximate surface area is 205 Å². The molecule has 1 unspecified atom stereocenters. The lowest BCUT2D eigenvalue weighted by atomic mass is 9.91. The Morgan fingerprint density at radius 3 is 2.67 bits per heavy atom. The van der Waals surface area contributed by atoms with Gasteiger partial charge < -0.3 is 20.9 Å². The topological polar surface area (TPSA) is 111 Å². The van der Waals surface area contributed by atoms with Crippen molar-refractivity contribution in [2.75, 3.05) is 25.5 Å². The first kappa shape index (κ1) is 23.7. The molecule has 5 rings (SSSR count). The van der Waals surface area contributed by atoms with Gasteiger partial charge in [0.25, 0.3) is 5.91 Å². The zero-order chi connectivity index (χ0) is 25.6. The Hall–Kier alpha value is -4.02. The summed E-state index contributed by atoms with van der Waals surface area (Å²) < 4.78 is 28.4. The van der Waals surface area contributed by atoms with Crippen LogP contribution in [0.1, 0.15) is 35.1 Å². The number of benzene rings is 2. The molecule has 3 N–H and O–H groups in total. The maximum absolute atomic E-state index is 14.8. The van der Waals surface area contributed by atoms with Crippen molar-refractivity contribution in [3.8, 4) is 0 Å². The van der Waals surface area contributed by atoms with Gasteiger partial charge in [0.2, 0.25) is 5.91 Å². The SMILES string of the molecule is CNC(=O)Nc1cc2c(cc1F)C1(CC2)NC(=O)N(CC(=O)N2CCCc3cc(F)ccc3C2)C1=O. The number of imide groups is 1. The lowest BCUT2D eigenvalue weighted by Crippen LogP contribution is -2.45. The van der Waals surface area contributed by atoms with E-state index in [1.807, 2.05) is 0 Å². The van der Waals surface area contributed by atoms with Crippen LogP contribution in [0.25, 0.3) is 0 Å². The fourth-order valence-electron chi connectivity index (χ4n) is 5.26. The maximum Gasteiger partial charge on any atom is 0.325 e. The quantitative estimate of drug-likeness (QED) is 0.566. The highest BCUT2D eigenvalue weighted by molar-refractivity contribution is 6.10. The van der Waals surface area contributed by atoms with Crippen LogP contribution in [0.3, 0.4) is 0 Å². The standard InChI is InChI=1S/C25H25F2N5O4/c1-28-23(35)29-20-10-15-6-7-25(18(15)11-19(20)27)22(34)32(24(36)30-25)13-21(33)31-8-2-3-14-9-17(26)5-4-16(14)12-31/h4-5,9-11H,2-3,6-8,12-13H2,1H3,(H,30,36)(H2,28,29,35). The highest BCUT2D eigenvalue weighted by Crippen LogP contribution is 2.43. The predicted octanol–water partition coefficient (Wildman–Crippen LogP) is 2.38. The number of carbonyl (C=O) groups excluding carboxylic acids is 4. The summed E-state index contributed by atoms with van der Waals surface area (Å²) in [5, 5.41) is 7.43. The summed E-state index contributed by atoms with van der Waals surface area (Å²) in [7, 11) is 1.41. The molecule has 1 aliphatic carbocycles. The van der Waals surface area contributed by atoms with E-state index in [-0.39, 0.29) is 24.5 Å². The predicted molar refractivity (Wildman–Crippen MR) is 125 cm³/mol. The van der Waals surface area contributed by atoms with Crippen molar-refractivity contribution in [3.63, 3.8) is 0 Å². The normalized spacial score (nSPS) is 20.6. The van der Waals surface area contributed by atoms with Crippen molar-refractivity contribution in [3.05, 3.63) is 64.2 Å². The number of urea groups is 2. The molecule has 0 radical (unpaired) electrons. The minimum atomic E-state index is -1.46. The van der Waals surface area contributed by atoms with Crippen molar-refractivity contribution in [1.82, 2.24) is 20.4 Å². The molecule has 0 saturated carbocycles. The minimum Gasteiger partial charge on any atom is -0.341 e. The molecular weight excluding hydrogens is 472 g/mol. The lowest BCUT2D eigenvalue weighted by molar-refractivity contribution is -0.139. The largest absolute Gasteiger partial charge is 0.341 e. The van der Waals surface area contributed by atoms with Crippen LogP contribution in [0.5, 0.6) is 0 Å². The van der Waals surface area contributed by atoms with Crippen molar-refractivity contribution in [2.45, 2.75) is 37.8 Å². The molecule has 9 nitrogen and oxygen atoms in total. The fraction of sp³-hybridized carbons (Fsp3) is 0.360. The van der Waals surface area contributed by atoms with E-state index in [0.717, 1.165) is 22.1 Å². The van der Waals surface area contributed by atoms with Gasteiger partial charge in [0.05, 0.1) is 5.69 Å². The summed E-state index contributed by atoms with van der Waals surface area (Å²) in [6, 6.07) is 5.78. The second kappa shape index (κ2) is 8.89. The van der Waals surface area contributed by atoms with Crippen LogP contribution in [-0.2, 0) is 34.5 Å². The lowest BCUT2D eigenvalue weighted by Gasteiger charge is -2.25. The first-order valence-corrected chi connectivity index (χ1v) is 11.7. The molecule has 11 heteroatoms. The number of amides is 6. The molecule has 2 heterocycles. The first-order chi connectivity index (χ1) is 17.2. The Morgan fingerprint density at radius 2 is 1.89 bits per heavy atom. The number of aryl methyl sites for hydroxylation is 2. The summed E-state index contributed by atoms with van der Waals surface area (Å²) in [4.78, 5) is 53.5. The van der Waals surface area contributed by atoms with Crippen LogP contribution in [0.4, 0.5) is 24.1 Å². The van der Waals surface area contributed by atoms with Gasteiger partial charge >= 0.3 is 12.1 Å². The molecule has 0 bridgehead atoms. The van der Waals surface area contributed by atoms with Gasteiger partial charge in [-0.2, -0.15) is 0 Å². The van der Waals surface area contributed by atoms with Gasteiger partial charge in [0.1, 0.15) is 23.7 Å². The average molecular weight is 498 g/mol. The molecule has 188 valence electrons. The Kier molecular flexibility index (Phi) is 5.85. The van der Waals surface area contributed by atoms with Crippen LogP contribution in [0.2, 0.25) is 0 Å². The third-order valence-electron chi connectivity index (χ3n) is 7.12. The van der Waals surface area contributed by atoms with Gasteiger partial charge in [-0.3, -0.25) is 14.5 Å². The van der Waals surface area contributed by atoms with Crippen LogP contribution >= 0.6 is 0 Å². The Morgan fingerprint density at radius 1 is 1.08 bits per heavy atom. The van der Waals surface area contributed by atoms with E-state index >= 15 is 0 Å². The molecule has 36 heavy (non-hydrogen) atoms. The van der Waals surface area contributed by atoms with Gasteiger partial charge in [0, 0.05) is 20.1 Å². The van der Waals surface area contributed by atoms with E-state index < -0.39 is 41.8 Å². The van der Waals surface area contributed by atoms with E-state index in [9.17, 15) is 28.0 Å². The number of carbonyl (C=O) groups is 4. The van der Waals surface area contributed by atoms with Gasteiger partial charge in [-0.15, -0.1) is 0 Å². The highest BCUT2D eigenvalue weighted by atomic mass is 19.1. The van der Waals surface area contributed by atoms with E-state index in [0.29, 0.717) is 36.9 Å². The molecule has 1 fully saturated rings.